The van der Waals surface area contributed by atoms with Crippen LogP contribution in [-0.4, -0.2) is 32.8 Å². The summed E-state index contributed by atoms with van der Waals surface area (Å²) < 4.78 is 0. The molecule has 0 aromatic heterocycles. The molecule has 1 atom stereocenters. The van der Waals surface area contributed by atoms with Crippen molar-refractivity contribution in [1.29, 1.82) is 0 Å². The minimum atomic E-state index is -0.956. The molecule has 2 aromatic rings. The van der Waals surface area contributed by atoms with E-state index < -0.39 is 11.9 Å². The molecule has 0 radical (unpaired) electrons. The van der Waals surface area contributed by atoms with E-state index in [1.54, 1.807) is 4.90 Å². The van der Waals surface area contributed by atoms with Crippen molar-refractivity contribution in [3.05, 3.63) is 66.2 Å². The quantitative estimate of drug-likeness (QED) is 0.891. The standard InChI is InChI=1S/C19H18N2O3S/c22-17(23)11-15-13-25-19(20-16-9-5-2-6-10-16)21(18(15)24)12-14-7-3-1-4-8-14/h1-10,15H,11-13H2,(H,22,23). The van der Waals surface area contributed by atoms with E-state index in [2.05, 4.69) is 4.99 Å². The van der Waals surface area contributed by atoms with Gasteiger partial charge in [-0.15, -0.1) is 0 Å². The van der Waals surface area contributed by atoms with Crippen molar-refractivity contribution >= 4 is 34.5 Å². The Labute approximate surface area is 150 Å². The van der Waals surface area contributed by atoms with Gasteiger partial charge < -0.3 is 5.11 Å². The van der Waals surface area contributed by atoms with Gasteiger partial charge in [-0.2, -0.15) is 0 Å². The zero-order chi connectivity index (χ0) is 17.6. The van der Waals surface area contributed by atoms with Gasteiger partial charge in [0.25, 0.3) is 0 Å². The lowest BCUT2D eigenvalue weighted by Gasteiger charge is -2.32. The molecule has 1 amide bonds. The second kappa shape index (κ2) is 7.98. The highest BCUT2D eigenvalue weighted by atomic mass is 32.2. The van der Waals surface area contributed by atoms with Crippen LogP contribution in [0.2, 0.25) is 0 Å². The summed E-state index contributed by atoms with van der Waals surface area (Å²) in [5, 5.41) is 9.66. The largest absolute Gasteiger partial charge is 0.481 e. The molecule has 6 heteroatoms. The molecule has 1 heterocycles. The normalized spacial score (nSPS) is 19.2. The van der Waals surface area contributed by atoms with Crippen LogP contribution in [0.4, 0.5) is 5.69 Å². The molecular weight excluding hydrogens is 336 g/mol. The fourth-order valence-corrected chi connectivity index (χ4v) is 3.70. The predicted octanol–water partition coefficient (Wildman–Crippen LogP) is 3.54. The van der Waals surface area contributed by atoms with Gasteiger partial charge in [-0.25, -0.2) is 4.99 Å². The molecule has 1 fully saturated rings. The number of aliphatic imine (C=N–C) groups is 1. The molecule has 128 valence electrons. The van der Waals surface area contributed by atoms with E-state index >= 15 is 0 Å². The van der Waals surface area contributed by atoms with Gasteiger partial charge in [0.05, 0.1) is 24.6 Å². The van der Waals surface area contributed by atoms with Crippen LogP contribution in [0.3, 0.4) is 0 Å². The minimum Gasteiger partial charge on any atom is -0.481 e. The Morgan fingerprint density at radius 1 is 1.12 bits per heavy atom. The number of rotatable bonds is 5. The third kappa shape index (κ3) is 4.48. The monoisotopic (exact) mass is 354 g/mol. The first-order valence-electron chi connectivity index (χ1n) is 7.97. The van der Waals surface area contributed by atoms with E-state index in [1.165, 1.54) is 11.8 Å². The molecule has 1 aliphatic rings. The van der Waals surface area contributed by atoms with Crippen LogP contribution < -0.4 is 0 Å². The van der Waals surface area contributed by atoms with Crippen molar-refractivity contribution < 1.29 is 14.7 Å². The summed E-state index contributed by atoms with van der Waals surface area (Å²) in [5.41, 5.74) is 1.75. The Morgan fingerprint density at radius 3 is 2.40 bits per heavy atom. The Balaban J connectivity index is 1.89. The van der Waals surface area contributed by atoms with Gasteiger partial charge in [-0.05, 0) is 17.7 Å². The summed E-state index contributed by atoms with van der Waals surface area (Å²) in [4.78, 5) is 30.1. The molecule has 0 spiro atoms. The second-order valence-corrected chi connectivity index (χ2v) is 6.73. The van der Waals surface area contributed by atoms with Crippen LogP contribution in [0, 0.1) is 5.92 Å². The molecule has 25 heavy (non-hydrogen) atoms. The number of hydrogen-bond donors (Lipinski definition) is 1. The molecule has 3 rings (SSSR count). The number of carbonyl (C=O) groups excluding carboxylic acids is 1. The van der Waals surface area contributed by atoms with Crippen LogP contribution in [0.15, 0.2) is 65.7 Å². The summed E-state index contributed by atoms with van der Waals surface area (Å²) in [6.07, 6.45) is -0.157. The number of thioether (sulfide) groups is 1. The number of para-hydroxylation sites is 1. The number of aliphatic carboxylic acids is 1. The SMILES string of the molecule is O=C(O)CC1CSC(=Nc2ccccc2)N(Cc2ccccc2)C1=O. The van der Waals surface area contributed by atoms with E-state index in [1.807, 2.05) is 60.7 Å². The molecule has 0 saturated carbocycles. The van der Waals surface area contributed by atoms with Crippen LogP contribution in [0.25, 0.3) is 0 Å². The lowest BCUT2D eigenvalue weighted by atomic mass is 10.1. The lowest BCUT2D eigenvalue weighted by Crippen LogP contribution is -2.44. The van der Waals surface area contributed by atoms with Crippen molar-refractivity contribution in [3.8, 4) is 0 Å². The molecule has 2 aromatic carbocycles. The van der Waals surface area contributed by atoms with E-state index in [-0.39, 0.29) is 12.3 Å². The third-order valence-electron chi connectivity index (χ3n) is 3.85. The predicted molar refractivity (Wildman–Crippen MR) is 98.7 cm³/mol. The summed E-state index contributed by atoms with van der Waals surface area (Å²) in [7, 11) is 0. The number of amidine groups is 1. The summed E-state index contributed by atoms with van der Waals surface area (Å²) >= 11 is 1.43. The molecule has 1 unspecified atom stereocenters. The lowest BCUT2D eigenvalue weighted by molar-refractivity contribution is -0.142. The maximum Gasteiger partial charge on any atom is 0.304 e. The van der Waals surface area contributed by atoms with E-state index in [9.17, 15) is 9.59 Å². The maximum atomic E-state index is 12.8. The number of benzene rings is 2. The molecule has 5 nitrogen and oxygen atoms in total. The first-order valence-corrected chi connectivity index (χ1v) is 8.95. The van der Waals surface area contributed by atoms with E-state index in [4.69, 9.17) is 5.11 Å². The molecule has 0 bridgehead atoms. The fourth-order valence-electron chi connectivity index (χ4n) is 2.61. The van der Waals surface area contributed by atoms with Gasteiger partial charge in [-0.3, -0.25) is 14.5 Å². The number of carboxylic acids is 1. The van der Waals surface area contributed by atoms with Gasteiger partial charge in [0.15, 0.2) is 5.17 Å². The number of hydrogen-bond acceptors (Lipinski definition) is 4. The Hall–Kier alpha value is -2.60. The highest BCUT2D eigenvalue weighted by molar-refractivity contribution is 8.14. The summed E-state index contributed by atoms with van der Waals surface area (Å²) in [6.45, 7) is 0.383. The van der Waals surface area contributed by atoms with Gasteiger partial charge in [0.1, 0.15) is 0 Å². The highest BCUT2D eigenvalue weighted by Gasteiger charge is 2.35. The van der Waals surface area contributed by atoms with Crippen molar-refractivity contribution in [2.24, 2.45) is 10.9 Å². The average molecular weight is 354 g/mol. The van der Waals surface area contributed by atoms with Gasteiger partial charge >= 0.3 is 5.97 Å². The second-order valence-electron chi connectivity index (χ2n) is 5.75. The zero-order valence-corrected chi connectivity index (χ0v) is 14.4. The van der Waals surface area contributed by atoms with Gasteiger partial charge in [0.2, 0.25) is 5.91 Å². The van der Waals surface area contributed by atoms with Gasteiger partial charge in [0, 0.05) is 5.75 Å². The number of carboxylic acid groups (broad SMARTS) is 1. The number of carbonyl (C=O) groups is 2. The minimum absolute atomic E-state index is 0.157. The molecule has 1 saturated heterocycles. The smallest absolute Gasteiger partial charge is 0.304 e. The van der Waals surface area contributed by atoms with Crippen LogP contribution in [0.1, 0.15) is 12.0 Å². The molecule has 1 aliphatic heterocycles. The maximum absolute atomic E-state index is 12.8. The average Bonchev–Trinajstić information content (AvgIpc) is 2.62. The Kier molecular flexibility index (Phi) is 5.50. The topological polar surface area (TPSA) is 70.0 Å². The first-order chi connectivity index (χ1) is 12.1. The van der Waals surface area contributed by atoms with Crippen molar-refractivity contribution in [3.63, 3.8) is 0 Å². The van der Waals surface area contributed by atoms with Crippen molar-refractivity contribution in [1.82, 2.24) is 4.90 Å². The van der Waals surface area contributed by atoms with E-state index in [0.29, 0.717) is 17.5 Å². The van der Waals surface area contributed by atoms with E-state index in [0.717, 1.165) is 11.3 Å². The van der Waals surface area contributed by atoms with Crippen LogP contribution in [-0.2, 0) is 16.1 Å². The summed E-state index contributed by atoms with van der Waals surface area (Å²) in [6, 6.07) is 19.1. The Bertz CT molecular complexity index is 778. The highest BCUT2D eigenvalue weighted by Crippen LogP contribution is 2.29. The molecule has 0 aliphatic carbocycles. The molecular formula is C19H18N2O3S. The van der Waals surface area contributed by atoms with Crippen molar-refractivity contribution in [2.45, 2.75) is 13.0 Å². The number of amides is 1. The summed E-state index contributed by atoms with van der Waals surface area (Å²) in [5.74, 6) is -1.23. The fraction of sp³-hybridized carbons (Fsp3) is 0.211. The van der Waals surface area contributed by atoms with Crippen molar-refractivity contribution in [2.75, 3.05) is 5.75 Å². The third-order valence-corrected chi connectivity index (χ3v) is 4.98. The van der Waals surface area contributed by atoms with Gasteiger partial charge in [-0.1, -0.05) is 60.3 Å². The first kappa shape index (κ1) is 17.2. The zero-order valence-electron chi connectivity index (χ0n) is 13.5. The van der Waals surface area contributed by atoms with Crippen LogP contribution in [0.5, 0.6) is 0 Å². The Morgan fingerprint density at radius 2 is 1.76 bits per heavy atom. The number of nitrogens with zero attached hydrogens (tertiary/aromatic N) is 2. The molecule has 1 N–H and O–H groups in total. The van der Waals surface area contributed by atoms with Crippen LogP contribution >= 0.6 is 11.8 Å².